The largest absolute Gasteiger partial charge is 0.395 e. The summed E-state index contributed by atoms with van der Waals surface area (Å²) in [7, 11) is 0. The molecule has 1 atom stereocenters. The summed E-state index contributed by atoms with van der Waals surface area (Å²) in [5, 5.41) is 3.05. The molecule has 0 saturated heterocycles. The highest BCUT2D eigenvalue weighted by atomic mass is 19.1. The minimum atomic E-state index is -0.712. The molecule has 1 unspecified atom stereocenters. The predicted molar refractivity (Wildman–Crippen MR) is 56.6 cm³/mol. The molecule has 82 valence electrons. The van der Waals surface area contributed by atoms with E-state index in [1.54, 1.807) is 0 Å². The van der Waals surface area contributed by atoms with Crippen LogP contribution in [0.2, 0.25) is 0 Å². The zero-order valence-corrected chi connectivity index (χ0v) is 8.77. The van der Waals surface area contributed by atoms with Crippen molar-refractivity contribution in [3.8, 4) is 0 Å². The van der Waals surface area contributed by atoms with E-state index in [1.165, 1.54) is 6.07 Å². The van der Waals surface area contributed by atoms with Crippen molar-refractivity contribution in [2.75, 3.05) is 11.1 Å². The van der Waals surface area contributed by atoms with Crippen molar-refractivity contribution in [1.29, 1.82) is 0 Å². The molecule has 0 spiro atoms. The van der Waals surface area contributed by atoms with Gasteiger partial charge in [-0.3, -0.25) is 0 Å². The highest BCUT2D eigenvalue weighted by molar-refractivity contribution is 5.67. The van der Waals surface area contributed by atoms with Gasteiger partial charge < -0.3 is 11.1 Å². The monoisotopic (exact) mass is 212 g/mol. The van der Waals surface area contributed by atoms with Crippen molar-refractivity contribution in [1.82, 2.24) is 0 Å². The zero-order valence-electron chi connectivity index (χ0n) is 8.77. The molecule has 1 saturated carbocycles. The summed E-state index contributed by atoms with van der Waals surface area (Å²) in [5.41, 5.74) is 6.04. The van der Waals surface area contributed by atoms with Gasteiger partial charge in [0.1, 0.15) is 5.82 Å². The second-order valence-corrected chi connectivity index (χ2v) is 4.74. The van der Waals surface area contributed by atoms with Crippen LogP contribution in [-0.2, 0) is 0 Å². The van der Waals surface area contributed by atoms with Gasteiger partial charge in [0.2, 0.25) is 0 Å². The van der Waals surface area contributed by atoms with Gasteiger partial charge in [0.05, 0.1) is 11.4 Å². The van der Waals surface area contributed by atoms with Crippen LogP contribution in [0.15, 0.2) is 12.1 Å². The fraction of sp³-hybridized carbons (Fsp3) is 0.455. The van der Waals surface area contributed by atoms with E-state index < -0.39 is 11.6 Å². The van der Waals surface area contributed by atoms with E-state index in [0.29, 0.717) is 5.69 Å². The summed E-state index contributed by atoms with van der Waals surface area (Å²) in [6.07, 6.45) is 0.991. The number of nitrogens with two attached hydrogens (primary N) is 1. The molecule has 0 bridgehead atoms. The molecule has 0 heterocycles. The van der Waals surface area contributed by atoms with Crippen molar-refractivity contribution >= 4 is 11.4 Å². The first-order valence-corrected chi connectivity index (χ1v) is 4.91. The molecule has 15 heavy (non-hydrogen) atoms. The van der Waals surface area contributed by atoms with Crippen molar-refractivity contribution in [2.45, 2.75) is 26.3 Å². The number of hydrogen-bond acceptors (Lipinski definition) is 2. The smallest absolute Gasteiger partial charge is 0.151 e. The molecule has 2 rings (SSSR count). The summed E-state index contributed by atoms with van der Waals surface area (Å²) < 4.78 is 26.0. The number of hydrogen-bond donors (Lipinski definition) is 2. The van der Waals surface area contributed by atoms with E-state index in [9.17, 15) is 8.78 Å². The summed E-state index contributed by atoms with van der Waals surface area (Å²) >= 11 is 0. The van der Waals surface area contributed by atoms with Gasteiger partial charge in [-0.25, -0.2) is 8.78 Å². The van der Waals surface area contributed by atoms with E-state index in [-0.39, 0.29) is 17.1 Å². The third-order valence-electron chi connectivity index (χ3n) is 2.94. The van der Waals surface area contributed by atoms with Gasteiger partial charge in [-0.1, -0.05) is 13.8 Å². The number of halogens is 2. The summed E-state index contributed by atoms with van der Waals surface area (Å²) in [6, 6.07) is 2.27. The van der Waals surface area contributed by atoms with Crippen LogP contribution in [0.25, 0.3) is 0 Å². The normalized spacial score (nSPS) is 22.5. The Labute approximate surface area is 87.5 Å². The van der Waals surface area contributed by atoms with E-state index >= 15 is 0 Å². The molecular weight excluding hydrogens is 198 g/mol. The van der Waals surface area contributed by atoms with Crippen molar-refractivity contribution in [3.63, 3.8) is 0 Å². The molecule has 0 amide bonds. The van der Waals surface area contributed by atoms with E-state index in [2.05, 4.69) is 19.2 Å². The van der Waals surface area contributed by atoms with Crippen molar-refractivity contribution in [2.24, 2.45) is 5.41 Å². The maximum atomic E-state index is 13.1. The van der Waals surface area contributed by atoms with Crippen LogP contribution in [0.3, 0.4) is 0 Å². The molecular formula is C11H14F2N2. The lowest BCUT2D eigenvalue weighted by atomic mass is 10.2. The third kappa shape index (κ3) is 1.89. The quantitative estimate of drug-likeness (QED) is 0.740. The van der Waals surface area contributed by atoms with Crippen LogP contribution < -0.4 is 11.1 Å². The number of rotatable bonds is 2. The second-order valence-electron chi connectivity index (χ2n) is 4.74. The standard InChI is InChI=1S/C11H14F2N2/c1-11(2)5-9(11)15-8-4-6(12)3-7(13)10(8)14/h3-4,9,15H,5,14H2,1-2H3. The minimum absolute atomic E-state index is 0.0147. The number of benzene rings is 1. The van der Waals surface area contributed by atoms with Crippen molar-refractivity contribution < 1.29 is 8.78 Å². The fourth-order valence-electron chi connectivity index (χ4n) is 1.61. The lowest BCUT2D eigenvalue weighted by Crippen LogP contribution is -2.11. The molecule has 4 heteroatoms. The summed E-state index contributed by atoms with van der Waals surface area (Å²) in [5.74, 6) is -1.32. The molecule has 1 aliphatic carbocycles. The Hall–Kier alpha value is -1.32. The lowest BCUT2D eigenvalue weighted by molar-refractivity contribution is 0.586. The van der Waals surface area contributed by atoms with Gasteiger partial charge in [0.25, 0.3) is 0 Å². The van der Waals surface area contributed by atoms with Crippen LogP contribution >= 0.6 is 0 Å². The highest BCUT2D eigenvalue weighted by Gasteiger charge is 2.45. The Morgan fingerprint density at radius 1 is 1.40 bits per heavy atom. The molecule has 1 aromatic carbocycles. The Bertz CT molecular complexity index is 402. The maximum Gasteiger partial charge on any atom is 0.151 e. The first-order chi connectivity index (χ1) is 6.90. The Balaban J connectivity index is 2.22. The zero-order chi connectivity index (χ0) is 11.2. The molecule has 1 aromatic rings. The summed E-state index contributed by atoms with van der Waals surface area (Å²) in [4.78, 5) is 0. The Morgan fingerprint density at radius 3 is 2.53 bits per heavy atom. The lowest BCUT2D eigenvalue weighted by Gasteiger charge is -2.11. The van der Waals surface area contributed by atoms with E-state index in [1.807, 2.05) is 0 Å². The van der Waals surface area contributed by atoms with Crippen LogP contribution in [0.1, 0.15) is 20.3 Å². The first kappa shape index (κ1) is 10.2. The van der Waals surface area contributed by atoms with Crippen LogP contribution in [0.5, 0.6) is 0 Å². The van der Waals surface area contributed by atoms with Crippen LogP contribution in [0.4, 0.5) is 20.2 Å². The topological polar surface area (TPSA) is 38.0 Å². The SMILES string of the molecule is CC1(C)CC1Nc1cc(F)cc(F)c1N. The van der Waals surface area contributed by atoms with Gasteiger partial charge in [-0.05, 0) is 17.9 Å². The number of nitrogen functional groups attached to an aromatic ring is 1. The van der Waals surface area contributed by atoms with E-state index in [4.69, 9.17) is 5.73 Å². The predicted octanol–water partition coefficient (Wildman–Crippen LogP) is 2.76. The van der Waals surface area contributed by atoms with Crippen LogP contribution in [0, 0.1) is 17.0 Å². The molecule has 3 N–H and O–H groups in total. The molecule has 2 nitrogen and oxygen atoms in total. The fourth-order valence-corrected chi connectivity index (χ4v) is 1.61. The number of anilines is 2. The average Bonchev–Trinajstić information content (AvgIpc) is 2.69. The van der Waals surface area contributed by atoms with Crippen LogP contribution in [-0.4, -0.2) is 6.04 Å². The molecule has 0 aromatic heterocycles. The average molecular weight is 212 g/mol. The maximum absolute atomic E-state index is 13.1. The van der Waals surface area contributed by atoms with Gasteiger partial charge >= 0.3 is 0 Å². The first-order valence-electron chi connectivity index (χ1n) is 4.91. The van der Waals surface area contributed by atoms with Gasteiger partial charge in [0.15, 0.2) is 5.82 Å². The molecule has 0 radical (unpaired) electrons. The highest BCUT2D eigenvalue weighted by Crippen LogP contribution is 2.47. The second kappa shape index (κ2) is 3.08. The molecule has 0 aliphatic heterocycles. The van der Waals surface area contributed by atoms with Crippen molar-refractivity contribution in [3.05, 3.63) is 23.8 Å². The summed E-state index contributed by atoms with van der Waals surface area (Å²) in [6.45, 7) is 4.19. The third-order valence-corrected chi connectivity index (χ3v) is 2.94. The van der Waals surface area contributed by atoms with E-state index in [0.717, 1.165) is 12.5 Å². The number of nitrogens with one attached hydrogen (secondary N) is 1. The van der Waals surface area contributed by atoms with Gasteiger partial charge in [-0.15, -0.1) is 0 Å². The molecule has 1 aliphatic rings. The Morgan fingerprint density at radius 2 is 2.00 bits per heavy atom. The molecule has 1 fully saturated rings. The minimum Gasteiger partial charge on any atom is -0.395 e. The Kier molecular flexibility index (Phi) is 2.10. The van der Waals surface area contributed by atoms with Gasteiger partial charge in [-0.2, -0.15) is 0 Å². The van der Waals surface area contributed by atoms with Gasteiger partial charge in [0, 0.05) is 12.1 Å².